The lowest BCUT2D eigenvalue weighted by atomic mass is 10.2. The fraction of sp³-hybridized carbons (Fsp3) is 0. The molecule has 0 fully saturated rings. The van der Waals surface area contributed by atoms with Gasteiger partial charge in [-0.15, -0.1) is 0 Å². The van der Waals surface area contributed by atoms with Gasteiger partial charge in [0.25, 0.3) is 0 Å². The van der Waals surface area contributed by atoms with Crippen LogP contribution in [0.25, 0.3) is 11.0 Å². The standard InChI is InChI=1S/C15H11BrN4/c16-12-5-3-4-11(8-12)9-18-20-15-10-17-13-6-1-2-7-14(13)19-15/h1-10H,(H,19,20)/b18-9+. The van der Waals surface area contributed by atoms with E-state index in [9.17, 15) is 0 Å². The van der Waals surface area contributed by atoms with Gasteiger partial charge in [0.1, 0.15) is 0 Å². The summed E-state index contributed by atoms with van der Waals surface area (Å²) in [6.07, 6.45) is 3.40. The number of nitrogens with zero attached hydrogens (tertiary/aromatic N) is 3. The van der Waals surface area contributed by atoms with Crippen LogP contribution < -0.4 is 5.43 Å². The van der Waals surface area contributed by atoms with Crippen LogP contribution in [0.3, 0.4) is 0 Å². The topological polar surface area (TPSA) is 50.2 Å². The lowest BCUT2D eigenvalue weighted by molar-refractivity contribution is 1.22. The van der Waals surface area contributed by atoms with E-state index >= 15 is 0 Å². The van der Waals surface area contributed by atoms with E-state index in [0.717, 1.165) is 21.1 Å². The van der Waals surface area contributed by atoms with Gasteiger partial charge >= 0.3 is 0 Å². The summed E-state index contributed by atoms with van der Waals surface area (Å²) in [4.78, 5) is 8.74. The van der Waals surface area contributed by atoms with Gasteiger partial charge in [-0.3, -0.25) is 10.4 Å². The lowest BCUT2D eigenvalue weighted by Crippen LogP contribution is -1.95. The Labute approximate surface area is 124 Å². The average molecular weight is 327 g/mol. The molecular weight excluding hydrogens is 316 g/mol. The molecule has 0 unspecified atom stereocenters. The largest absolute Gasteiger partial charge is 0.260 e. The third kappa shape index (κ3) is 3.00. The van der Waals surface area contributed by atoms with Crippen molar-refractivity contribution in [3.63, 3.8) is 0 Å². The SMILES string of the molecule is Brc1cccc(/C=N/Nc2cnc3ccccc3n2)c1. The molecule has 1 N–H and O–H groups in total. The summed E-state index contributed by atoms with van der Waals surface area (Å²) in [6.45, 7) is 0. The van der Waals surface area contributed by atoms with Gasteiger partial charge in [0.2, 0.25) is 0 Å². The van der Waals surface area contributed by atoms with Crippen LogP contribution in [0.1, 0.15) is 5.56 Å². The zero-order chi connectivity index (χ0) is 13.8. The van der Waals surface area contributed by atoms with E-state index in [4.69, 9.17) is 0 Å². The first-order valence-electron chi connectivity index (χ1n) is 6.08. The van der Waals surface area contributed by atoms with Gasteiger partial charge in [-0.1, -0.05) is 40.2 Å². The Hall–Kier alpha value is -2.27. The molecule has 2 aromatic carbocycles. The molecule has 20 heavy (non-hydrogen) atoms. The number of aromatic nitrogens is 2. The van der Waals surface area contributed by atoms with Gasteiger partial charge < -0.3 is 0 Å². The summed E-state index contributed by atoms with van der Waals surface area (Å²) in [6, 6.07) is 15.6. The first-order valence-corrected chi connectivity index (χ1v) is 6.87. The summed E-state index contributed by atoms with van der Waals surface area (Å²) in [5.74, 6) is 0.620. The van der Waals surface area contributed by atoms with Crippen molar-refractivity contribution in [3.05, 3.63) is 64.8 Å². The minimum atomic E-state index is 0.620. The number of hydrogen-bond donors (Lipinski definition) is 1. The van der Waals surface area contributed by atoms with Gasteiger partial charge in [0.15, 0.2) is 5.82 Å². The molecule has 3 aromatic rings. The number of benzene rings is 2. The lowest BCUT2D eigenvalue weighted by Gasteiger charge is -2.01. The van der Waals surface area contributed by atoms with Crippen molar-refractivity contribution < 1.29 is 0 Å². The highest BCUT2D eigenvalue weighted by molar-refractivity contribution is 9.10. The van der Waals surface area contributed by atoms with Gasteiger partial charge in [0.05, 0.1) is 23.4 Å². The quantitative estimate of drug-likeness (QED) is 0.587. The maximum absolute atomic E-state index is 4.43. The maximum atomic E-state index is 4.43. The number of anilines is 1. The number of para-hydroxylation sites is 2. The van der Waals surface area contributed by atoms with Crippen molar-refractivity contribution in [2.45, 2.75) is 0 Å². The predicted octanol–water partition coefficient (Wildman–Crippen LogP) is 3.84. The second kappa shape index (κ2) is 5.79. The number of hydrazone groups is 1. The van der Waals surface area contributed by atoms with Crippen molar-refractivity contribution >= 4 is 39.0 Å². The van der Waals surface area contributed by atoms with Crippen LogP contribution in [0.5, 0.6) is 0 Å². The third-order valence-electron chi connectivity index (χ3n) is 2.69. The minimum absolute atomic E-state index is 0.620. The molecule has 0 aliphatic rings. The Bertz CT molecular complexity index is 770. The number of hydrogen-bond acceptors (Lipinski definition) is 4. The molecule has 3 rings (SSSR count). The van der Waals surface area contributed by atoms with Crippen molar-refractivity contribution in [2.24, 2.45) is 5.10 Å². The molecule has 0 atom stereocenters. The molecule has 0 aliphatic heterocycles. The van der Waals surface area contributed by atoms with E-state index in [1.54, 1.807) is 12.4 Å². The smallest absolute Gasteiger partial charge is 0.165 e. The van der Waals surface area contributed by atoms with Crippen LogP contribution in [-0.2, 0) is 0 Å². The van der Waals surface area contributed by atoms with E-state index in [2.05, 4.69) is 36.4 Å². The van der Waals surface area contributed by atoms with Crippen LogP contribution in [0.15, 0.2) is 64.3 Å². The van der Waals surface area contributed by atoms with Crippen LogP contribution in [0, 0.1) is 0 Å². The Balaban J connectivity index is 1.76. The number of fused-ring (bicyclic) bond motifs is 1. The highest BCUT2D eigenvalue weighted by Gasteiger charge is 1.97. The van der Waals surface area contributed by atoms with Crippen LogP contribution in [0.4, 0.5) is 5.82 Å². The zero-order valence-corrected chi connectivity index (χ0v) is 12.1. The highest BCUT2D eigenvalue weighted by atomic mass is 79.9. The molecule has 0 saturated carbocycles. The molecule has 0 radical (unpaired) electrons. The van der Waals surface area contributed by atoms with E-state index in [1.807, 2.05) is 48.5 Å². The first kappa shape index (κ1) is 12.7. The number of halogens is 1. The van der Waals surface area contributed by atoms with Gasteiger partial charge in [-0.05, 0) is 29.8 Å². The average Bonchev–Trinajstić information content (AvgIpc) is 2.47. The van der Waals surface area contributed by atoms with E-state index < -0.39 is 0 Å². The molecule has 1 heterocycles. The van der Waals surface area contributed by atoms with Crippen LogP contribution >= 0.6 is 15.9 Å². The molecule has 1 aromatic heterocycles. The van der Waals surface area contributed by atoms with Crippen molar-refractivity contribution in [1.29, 1.82) is 0 Å². The normalized spacial score (nSPS) is 11.1. The Morgan fingerprint density at radius 3 is 2.75 bits per heavy atom. The summed E-state index contributed by atoms with van der Waals surface area (Å²) < 4.78 is 1.02. The first-order chi connectivity index (χ1) is 9.81. The molecule has 0 amide bonds. The zero-order valence-electron chi connectivity index (χ0n) is 10.5. The predicted molar refractivity (Wildman–Crippen MR) is 84.9 cm³/mol. The van der Waals surface area contributed by atoms with Gasteiger partial charge in [-0.2, -0.15) is 5.10 Å². The van der Waals surface area contributed by atoms with Gasteiger partial charge in [-0.25, -0.2) is 4.98 Å². The van der Waals surface area contributed by atoms with E-state index in [1.165, 1.54) is 0 Å². The minimum Gasteiger partial charge on any atom is -0.260 e. The van der Waals surface area contributed by atoms with Crippen LogP contribution in [0.2, 0.25) is 0 Å². The number of rotatable bonds is 3. The third-order valence-corrected chi connectivity index (χ3v) is 3.18. The van der Waals surface area contributed by atoms with Gasteiger partial charge in [0, 0.05) is 4.47 Å². The second-order valence-corrected chi connectivity index (χ2v) is 5.08. The molecule has 5 heteroatoms. The molecular formula is C15H11BrN4. The fourth-order valence-electron chi connectivity index (χ4n) is 1.77. The Kier molecular flexibility index (Phi) is 3.69. The van der Waals surface area contributed by atoms with Crippen LogP contribution in [-0.4, -0.2) is 16.2 Å². The fourth-order valence-corrected chi connectivity index (χ4v) is 2.19. The van der Waals surface area contributed by atoms with E-state index in [-0.39, 0.29) is 0 Å². The molecule has 98 valence electrons. The summed E-state index contributed by atoms with van der Waals surface area (Å²) >= 11 is 3.42. The number of nitrogens with one attached hydrogen (secondary N) is 1. The molecule has 4 nitrogen and oxygen atoms in total. The molecule has 0 spiro atoms. The second-order valence-electron chi connectivity index (χ2n) is 4.17. The highest BCUT2D eigenvalue weighted by Crippen LogP contribution is 2.12. The molecule has 0 saturated heterocycles. The Morgan fingerprint density at radius 2 is 1.90 bits per heavy atom. The maximum Gasteiger partial charge on any atom is 0.165 e. The van der Waals surface area contributed by atoms with Crippen molar-refractivity contribution in [1.82, 2.24) is 9.97 Å². The van der Waals surface area contributed by atoms with Crippen molar-refractivity contribution in [3.8, 4) is 0 Å². The Morgan fingerprint density at radius 1 is 1.05 bits per heavy atom. The molecule has 0 bridgehead atoms. The monoisotopic (exact) mass is 326 g/mol. The summed E-state index contributed by atoms with van der Waals surface area (Å²) in [5, 5.41) is 4.16. The summed E-state index contributed by atoms with van der Waals surface area (Å²) in [7, 11) is 0. The van der Waals surface area contributed by atoms with E-state index in [0.29, 0.717) is 5.82 Å². The van der Waals surface area contributed by atoms with Crippen molar-refractivity contribution in [2.75, 3.05) is 5.43 Å². The summed E-state index contributed by atoms with van der Waals surface area (Å²) in [5.41, 5.74) is 5.60. The molecule has 0 aliphatic carbocycles.